The lowest BCUT2D eigenvalue weighted by atomic mass is 10.2. The van der Waals surface area contributed by atoms with Crippen LogP contribution in [0.4, 0.5) is 4.39 Å². The van der Waals surface area contributed by atoms with Gasteiger partial charge in [-0.3, -0.25) is 0 Å². The van der Waals surface area contributed by atoms with Crippen molar-refractivity contribution in [3.8, 4) is 0 Å². The first-order valence-electron chi connectivity index (χ1n) is 2.76. The summed E-state index contributed by atoms with van der Waals surface area (Å²) in [6.45, 7) is -0.371. The van der Waals surface area contributed by atoms with E-state index >= 15 is 0 Å². The van der Waals surface area contributed by atoms with Crippen LogP contribution in [0.2, 0.25) is 0 Å². The number of hydrogen-bond donors (Lipinski definition) is 0. The molecule has 0 bridgehead atoms. The van der Waals surface area contributed by atoms with Crippen LogP contribution >= 0.6 is 15.9 Å². The smallest absolute Gasteiger partial charge is 0.137 e. The molecule has 1 nitrogen and oxygen atoms in total. The standard InChI is InChI=1S/C7H5BrFO/c8-6-2-1-5(4-10)3-7(6)9/h1-3H,4H2. The Morgan fingerprint density at radius 1 is 1.50 bits per heavy atom. The van der Waals surface area contributed by atoms with Gasteiger partial charge in [0.1, 0.15) is 12.4 Å². The SMILES string of the molecule is [O]Cc1ccc(Br)c(F)c1. The first kappa shape index (κ1) is 7.69. The van der Waals surface area contributed by atoms with E-state index in [9.17, 15) is 9.50 Å². The van der Waals surface area contributed by atoms with Crippen LogP contribution in [0, 0.1) is 5.82 Å². The Morgan fingerprint density at radius 3 is 2.70 bits per heavy atom. The normalized spacial score (nSPS) is 9.90. The molecule has 0 saturated carbocycles. The minimum absolute atomic E-state index is 0.371. The summed E-state index contributed by atoms with van der Waals surface area (Å²) in [5.41, 5.74) is 0.473. The molecule has 0 heterocycles. The van der Waals surface area contributed by atoms with Gasteiger partial charge < -0.3 is 0 Å². The van der Waals surface area contributed by atoms with E-state index in [1.165, 1.54) is 12.1 Å². The zero-order chi connectivity index (χ0) is 7.56. The van der Waals surface area contributed by atoms with E-state index in [4.69, 9.17) is 0 Å². The Hall–Kier alpha value is -0.410. The molecule has 0 atom stereocenters. The molecule has 0 aromatic heterocycles. The van der Waals surface area contributed by atoms with Gasteiger partial charge in [0.05, 0.1) is 4.47 Å². The van der Waals surface area contributed by atoms with Crippen molar-refractivity contribution in [1.29, 1.82) is 0 Å². The second-order valence-corrected chi connectivity index (χ2v) is 2.75. The summed E-state index contributed by atoms with van der Waals surface area (Å²) in [5, 5.41) is 10.2. The third-order valence-electron chi connectivity index (χ3n) is 1.15. The summed E-state index contributed by atoms with van der Waals surface area (Å²) < 4.78 is 13.0. The highest BCUT2D eigenvalue weighted by molar-refractivity contribution is 9.10. The molecule has 1 aromatic carbocycles. The topological polar surface area (TPSA) is 19.9 Å². The lowest BCUT2D eigenvalue weighted by Crippen LogP contribution is -1.83. The molecule has 3 heteroatoms. The molecule has 0 aliphatic rings. The maximum Gasteiger partial charge on any atom is 0.137 e. The molecule has 0 amide bonds. The van der Waals surface area contributed by atoms with Gasteiger partial charge in [0, 0.05) is 0 Å². The van der Waals surface area contributed by atoms with Crippen molar-refractivity contribution in [2.75, 3.05) is 0 Å². The Bertz CT molecular complexity index is 237. The van der Waals surface area contributed by atoms with Crippen molar-refractivity contribution in [2.45, 2.75) is 6.61 Å². The van der Waals surface area contributed by atoms with Gasteiger partial charge in [0.25, 0.3) is 0 Å². The average molecular weight is 204 g/mol. The molecule has 0 N–H and O–H groups in total. The largest absolute Gasteiger partial charge is 0.232 e. The quantitative estimate of drug-likeness (QED) is 0.669. The van der Waals surface area contributed by atoms with Gasteiger partial charge in [0.2, 0.25) is 0 Å². The summed E-state index contributed by atoms with van der Waals surface area (Å²) in [7, 11) is 0. The molecular weight excluding hydrogens is 199 g/mol. The molecule has 1 radical (unpaired) electrons. The molecule has 0 aliphatic heterocycles. The molecule has 0 unspecified atom stereocenters. The number of rotatable bonds is 1. The molecule has 1 rings (SSSR count). The van der Waals surface area contributed by atoms with Gasteiger partial charge in [-0.1, -0.05) is 6.07 Å². The maximum absolute atomic E-state index is 12.6. The monoisotopic (exact) mass is 203 g/mol. The second-order valence-electron chi connectivity index (χ2n) is 1.89. The first-order chi connectivity index (χ1) is 4.74. The molecule has 0 spiro atoms. The molecule has 53 valence electrons. The van der Waals surface area contributed by atoms with Gasteiger partial charge in [-0.25, -0.2) is 9.50 Å². The van der Waals surface area contributed by atoms with Gasteiger partial charge in [0.15, 0.2) is 0 Å². The highest BCUT2D eigenvalue weighted by atomic mass is 79.9. The third kappa shape index (κ3) is 1.55. The van der Waals surface area contributed by atoms with Crippen LogP contribution in [0.15, 0.2) is 22.7 Å². The summed E-state index contributed by atoms with van der Waals surface area (Å²) in [5.74, 6) is -0.381. The third-order valence-corrected chi connectivity index (χ3v) is 1.79. The zero-order valence-electron chi connectivity index (χ0n) is 5.10. The summed E-state index contributed by atoms with van der Waals surface area (Å²) in [6, 6.07) is 4.36. The number of halogens is 2. The number of benzene rings is 1. The second kappa shape index (κ2) is 3.12. The fraction of sp³-hybridized carbons (Fsp3) is 0.143. The summed E-state index contributed by atoms with van der Waals surface area (Å²) in [6.07, 6.45) is 0. The van der Waals surface area contributed by atoms with Crippen LogP contribution in [0.25, 0.3) is 0 Å². The number of hydrogen-bond acceptors (Lipinski definition) is 0. The minimum Gasteiger partial charge on any atom is -0.232 e. The maximum atomic E-state index is 12.6. The first-order valence-corrected chi connectivity index (χ1v) is 3.55. The fourth-order valence-corrected chi connectivity index (χ4v) is 0.876. The van der Waals surface area contributed by atoms with E-state index in [-0.39, 0.29) is 12.4 Å². The van der Waals surface area contributed by atoms with E-state index in [2.05, 4.69) is 15.9 Å². The van der Waals surface area contributed by atoms with E-state index < -0.39 is 0 Å². The van der Waals surface area contributed by atoms with Crippen molar-refractivity contribution in [1.82, 2.24) is 0 Å². The highest BCUT2D eigenvalue weighted by Crippen LogP contribution is 2.15. The fourth-order valence-electron chi connectivity index (χ4n) is 0.629. The molecule has 0 saturated heterocycles. The van der Waals surface area contributed by atoms with Crippen molar-refractivity contribution >= 4 is 15.9 Å². The van der Waals surface area contributed by atoms with E-state index in [1.54, 1.807) is 6.07 Å². The van der Waals surface area contributed by atoms with Gasteiger partial charge >= 0.3 is 0 Å². The molecular formula is C7H5BrFO. The lowest BCUT2D eigenvalue weighted by Gasteiger charge is -1.95. The van der Waals surface area contributed by atoms with Crippen LogP contribution in [-0.2, 0) is 11.7 Å². The van der Waals surface area contributed by atoms with Gasteiger partial charge in [-0.2, -0.15) is 0 Å². The highest BCUT2D eigenvalue weighted by Gasteiger charge is 1.98. The molecule has 0 aliphatic carbocycles. The predicted octanol–water partition coefficient (Wildman–Crippen LogP) is 2.52. The Kier molecular flexibility index (Phi) is 2.40. The summed E-state index contributed by atoms with van der Waals surface area (Å²) >= 11 is 2.98. The zero-order valence-corrected chi connectivity index (χ0v) is 6.69. The molecule has 1 aromatic rings. The van der Waals surface area contributed by atoms with Crippen molar-refractivity contribution < 1.29 is 9.50 Å². The van der Waals surface area contributed by atoms with Crippen LogP contribution < -0.4 is 0 Å². The van der Waals surface area contributed by atoms with E-state index in [0.29, 0.717) is 10.0 Å². The Labute approximate surface area is 66.6 Å². The van der Waals surface area contributed by atoms with Gasteiger partial charge in [-0.15, -0.1) is 0 Å². The molecule has 10 heavy (non-hydrogen) atoms. The van der Waals surface area contributed by atoms with Crippen LogP contribution in [0.3, 0.4) is 0 Å². The van der Waals surface area contributed by atoms with Crippen molar-refractivity contribution in [3.05, 3.63) is 34.1 Å². The van der Waals surface area contributed by atoms with Crippen LogP contribution in [-0.4, -0.2) is 0 Å². The summed E-state index contributed by atoms with van der Waals surface area (Å²) in [4.78, 5) is 0. The Balaban J connectivity index is 3.04. The lowest BCUT2D eigenvalue weighted by molar-refractivity contribution is 0.177. The molecule has 0 fully saturated rings. The Morgan fingerprint density at radius 2 is 2.20 bits per heavy atom. The van der Waals surface area contributed by atoms with Crippen LogP contribution in [0.5, 0.6) is 0 Å². The van der Waals surface area contributed by atoms with Crippen molar-refractivity contribution in [2.24, 2.45) is 0 Å². The predicted molar refractivity (Wildman–Crippen MR) is 38.5 cm³/mol. The van der Waals surface area contributed by atoms with E-state index in [0.717, 1.165) is 0 Å². The average Bonchev–Trinajstić information content (AvgIpc) is 1.95. The van der Waals surface area contributed by atoms with E-state index in [1.807, 2.05) is 0 Å². The minimum atomic E-state index is -0.381. The van der Waals surface area contributed by atoms with Crippen molar-refractivity contribution in [3.63, 3.8) is 0 Å². The van der Waals surface area contributed by atoms with Gasteiger partial charge in [-0.05, 0) is 33.6 Å². The van der Waals surface area contributed by atoms with Crippen LogP contribution in [0.1, 0.15) is 5.56 Å².